The first-order valence-electron chi connectivity index (χ1n) is 7.80. The normalized spacial score (nSPS) is 26.5. The number of hydrogen-bond donors (Lipinski definition) is 2. The average Bonchev–Trinajstić information content (AvgIpc) is 3.21. The van der Waals surface area contributed by atoms with Gasteiger partial charge in [-0.3, -0.25) is 14.5 Å². The zero-order chi connectivity index (χ0) is 14.5. The predicted molar refractivity (Wildman–Crippen MR) is 76.4 cm³/mol. The lowest BCUT2D eigenvalue weighted by Crippen LogP contribution is -2.44. The van der Waals surface area contributed by atoms with Crippen LogP contribution in [0.2, 0.25) is 0 Å². The van der Waals surface area contributed by atoms with Crippen molar-refractivity contribution in [2.45, 2.75) is 64.0 Å². The van der Waals surface area contributed by atoms with Gasteiger partial charge in [-0.2, -0.15) is 0 Å². The van der Waals surface area contributed by atoms with Crippen molar-refractivity contribution in [2.24, 2.45) is 5.92 Å². The fraction of sp³-hybridized carbons (Fsp3) is 0.867. The SMILES string of the molecule is CC1CCC(NC(=O)CN(CCC(=O)O)C2CC2)CC1. The van der Waals surface area contributed by atoms with E-state index in [0.29, 0.717) is 25.2 Å². The second-order valence-electron chi connectivity index (χ2n) is 6.37. The highest BCUT2D eigenvalue weighted by Crippen LogP contribution is 2.27. The molecule has 2 aliphatic rings. The van der Waals surface area contributed by atoms with Crippen LogP contribution in [0.3, 0.4) is 0 Å². The van der Waals surface area contributed by atoms with E-state index < -0.39 is 5.97 Å². The maximum absolute atomic E-state index is 12.1. The van der Waals surface area contributed by atoms with Crippen molar-refractivity contribution >= 4 is 11.9 Å². The maximum atomic E-state index is 12.1. The van der Waals surface area contributed by atoms with Crippen molar-refractivity contribution in [3.05, 3.63) is 0 Å². The van der Waals surface area contributed by atoms with E-state index in [1.165, 1.54) is 12.8 Å². The van der Waals surface area contributed by atoms with Crippen molar-refractivity contribution in [2.75, 3.05) is 13.1 Å². The minimum absolute atomic E-state index is 0.0573. The quantitative estimate of drug-likeness (QED) is 0.744. The van der Waals surface area contributed by atoms with Gasteiger partial charge in [0.25, 0.3) is 0 Å². The molecule has 5 nitrogen and oxygen atoms in total. The van der Waals surface area contributed by atoms with Crippen LogP contribution in [-0.4, -0.2) is 47.1 Å². The third-order valence-corrected chi connectivity index (χ3v) is 4.40. The number of aliphatic carboxylic acids is 1. The van der Waals surface area contributed by atoms with Crippen LogP contribution in [0.25, 0.3) is 0 Å². The molecule has 0 aliphatic heterocycles. The summed E-state index contributed by atoms with van der Waals surface area (Å²) in [6, 6.07) is 0.741. The molecule has 0 spiro atoms. The molecule has 2 saturated carbocycles. The number of amides is 1. The number of rotatable bonds is 7. The highest BCUT2D eigenvalue weighted by atomic mass is 16.4. The molecule has 5 heteroatoms. The number of carboxylic acids is 1. The summed E-state index contributed by atoms with van der Waals surface area (Å²) in [5, 5.41) is 11.9. The molecule has 114 valence electrons. The Kier molecular flexibility index (Phi) is 5.40. The van der Waals surface area contributed by atoms with Gasteiger partial charge in [-0.25, -0.2) is 0 Å². The third-order valence-electron chi connectivity index (χ3n) is 4.40. The molecule has 0 heterocycles. The average molecular weight is 282 g/mol. The van der Waals surface area contributed by atoms with E-state index >= 15 is 0 Å². The highest BCUT2D eigenvalue weighted by molar-refractivity contribution is 5.78. The Balaban J connectivity index is 1.72. The van der Waals surface area contributed by atoms with Crippen molar-refractivity contribution < 1.29 is 14.7 Å². The first kappa shape index (κ1) is 15.3. The van der Waals surface area contributed by atoms with Crippen molar-refractivity contribution in [3.63, 3.8) is 0 Å². The second-order valence-corrected chi connectivity index (χ2v) is 6.37. The molecular formula is C15H26N2O3. The van der Waals surface area contributed by atoms with Crippen LogP contribution in [0.15, 0.2) is 0 Å². The summed E-state index contributed by atoms with van der Waals surface area (Å²) in [7, 11) is 0. The van der Waals surface area contributed by atoms with Crippen LogP contribution in [0.5, 0.6) is 0 Å². The molecule has 1 amide bonds. The van der Waals surface area contributed by atoms with Crippen LogP contribution < -0.4 is 5.32 Å². The molecule has 2 fully saturated rings. The Morgan fingerprint density at radius 1 is 1.15 bits per heavy atom. The standard InChI is InChI=1S/C15H26N2O3/c1-11-2-4-12(5-3-11)16-14(18)10-17(13-6-7-13)9-8-15(19)20/h11-13H,2-10H2,1H3,(H,16,18)(H,19,20). The molecule has 0 saturated heterocycles. The van der Waals surface area contributed by atoms with E-state index in [9.17, 15) is 9.59 Å². The molecule has 0 aromatic rings. The van der Waals surface area contributed by atoms with Gasteiger partial charge in [-0.15, -0.1) is 0 Å². The monoisotopic (exact) mass is 282 g/mol. The summed E-state index contributed by atoms with van der Waals surface area (Å²) in [5.41, 5.74) is 0. The smallest absolute Gasteiger partial charge is 0.304 e. The summed E-state index contributed by atoms with van der Waals surface area (Å²) >= 11 is 0. The number of hydrogen-bond acceptors (Lipinski definition) is 3. The van der Waals surface area contributed by atoms with Gasteiger partial charge in [0.05, 0.1) is 13.0 Å². The number of nitrogens with one attached hydrogen (secondary N) is 1. The summed E-state index contributed by atoms with van der Waals surface area (Å²) in [5.74, 6) is 0.0425. The van der Waals surface area contributed by atoms with E-state index in [0.717, 1.165) is 31.6 Å². The molecule has 0 radical (unpaired) electrons. The van der Waals surface area contributed by atoms with Gasteiger partial charge < -0.3 is 10.4 Å². The van der Waals surface area contributed by atoms with Crippen LogP contribution in [0.1, 0.15) is 51.9 Å². The van der Waals surface area contributed by atoms with Crippen LogP contribution in [0, 0.1) is 5.92 Å². The van der Waals surface area contributed by atoms with Gasteiger partial charge in [-0.1, -0.05) is 6.92 Å². The lowest BCUT2D eigenvalue weighted by atomic mass is 9.87. The third kappa shape index (κ3) is 5.12. The molecule has 0 unspecified atom stereocenters. The number of carbonyl (C=O) groups excluding carboxylic acids is 1. The van der Waals surface area contributed by atoms with Gasteiger partial charge in [0.15, 0.2) is 0 Å². The molecular weight excluding hydrogens is 256 g/mol. The fourth-order valence-corrected chi connectivity index (χ4v) is 2.93. The molecule has 0 bridgehead atoms. The number of carbonyl (C=O) groups is 2. The zero-order valence-corrected chi connectivity index (χ0v) is 12.3. The Labute approximate surface area is 120 Å². The first-order chi connectivity index (χ1) is 9.54. The van der Waals surface area contributed by atoms with Crippen molar-refractivity contribution in [3.8, 4) is 0 Å². The molecule has 0 atom stereocenters. The van der Waals surface area contributed by atoms with Crippen LogP contribution >= 0.6 is 0 Å². The molecule has 20 heavy (non-hydrogen) atoms. The van der Waals surface area contributed by atoms with Gasteiger partial charge in [0, 0.05) is 18.6 Å². The Hall–Kier alpha value is -1.10. The summed E-state index contributed by atoms with van der Waals surface area (Å²) in [4.78, 5) is 24.8. The topological polar surface area (TPSA) is 69.6 Å². The molecule has 2 N–H and O–H groups in total. The molecule has 0 aromatic carbocycles. The molecule has 0 aromatic heterocycles. The van der Waals surface area contributed by atoms with Gasteiger partial charge in [0.1, 0.15) is 0 Å². The predicted octanol–water partition coefficient (Wildman–Crippen LogP) is 1.62. The Bertz CT molecular complexity index is 347. The van der Waals surface area contributed by atoms with E-state index in [1.807, 2.05) is 4.90 Å². The summed E-state index contributed by atoms with van der Waals surface area (Å²) in [6.07, 6.45) is 6.83. The van der Waals surface area contributed by atoms with E-state index in [-0.39, 0.29) is 12.3 Å². The minimum Gasteiger partial charge on any atom is -0.481 e. The van der Waals surface area contributed by atoms with E-state index in [4.69, 9.17) is 5.11 Å². The van der Waals surface area contributed by atoms with Gasteiger partial charge in [-0.05, 0) is 44.4 Å². The van der Waals surface area contributed by atoms with E-state index in [2.05, 4.69) is 12.2 Å². The number of nitrogens with zero attached hydrogens (tertiary/aromatic N) is 1. The zero-order valence-electron chi connectivity index (χ0n) is 12.3. The van der Waals surface area contributed by atoms with Crippen molar-refractivity contribution in [1.29, 1.82) is 0 Å². The largest absolute Gasteiger partial charge is 0.481 e. The fourth-order valence-electron chi connectivity index (χ4n) is 2.93. The summed E-state index contributed by atoms with van der Waals surface area (Å²) < 4.78 is 0. The van der Waals surface area contributed by atoms with E-state index in [1.54, 1.807) is 0 Å². The lowest BCUT2D eigenvalue weighted by molar-refractivity contribution is -0.137. The second kappa shape index (κ2) is 7.07. The first-order valence-corrected chi connectivity index (χ1v) is 7.80. The molecule has 2 rings (SSSR count). The van der Waals surface area contributed by atoms with Gasteiger partial charge in [0.2, 0.25) is 5.91 Å². The Morgan fingerprint density at radius 3 is 2.35 bits per heavy atom. The lowest BCUT2D eigenvalue weighted by Gasteiger charge is -2.28. The molecule has 2 aliphatic carbocycles. The van der Waals surface area contributed by atoms with Crippen molar-refractivity contribution in [1.82, 2.24) is 10.2 Å². The van der Waals surface area contributed by atoms with Crippen LogP contribution in [0.4, 0.5) is 0 Å². The minimum atomic E-state index is -0.794. The van der Waals surface area contributed by atoms with Gasteiger partial charge >= 0.3 is 5.97 Å². The summed E-state index contributed by atoms with van der Waals surface area (Å²) in [6.45, 7) is 3.10. The maximum Gasteiger partial charge on any atom is 0.304 e. The van der Waals surface area contributed by atoms with Crippen LogP contribution in [-0.2, 0) is 9.59 Å². The number of carboxylic acid groups (broad SMARTS) is 1. The highest BCUT2D eigenvalue weighted by Gasteiger charge is 2.31. The Morgan fingerprint density at radius 2 is 1.80 bits per heavy atom.